The maximum absolute atomic E-state index is 12.5. The number of rotatable bonds is 6. The largest absolute Gasteiger partial charge is 0.378 e. The molecule has 1 N–H and O–H groups in total. The standard InChI is InChI=1S/C18H24N4O2/c1-2-21-10-11-24-14-17(21)18(23)19-12-15-6-3-4-7-16(15)13-22-9-5-8-20-22/h3-9,17H,2,10-14H2,1H3,(H,19,23). The quantitative estimate of drug-likeness (QED) is 0.867. The van der Waals surface area contributed by atoms with E-state index in [9.17, 15) is 4.79 Å². The average molecular weight is 328 g/mol. The van der Waals surface area contributed by atoms with Gasteiger partial charge in [-0.15, -0.1) is 0 Å². The normalized spacial score (nSPS) is 18.5. The van der Waals surface area contributed by atoms with Gasteiger partial charge in [-0.3, -0.25) is 14.4 Å². The number of nitrogens with zero attached hydrogens (tertiary/aromatic N) is 3. The molecule has 6 nitrogen and oxygen atoms in total. The summed E-state index contributed by atoms with van der Waals surface area (Å²) in [5, 5.41) is 7.31. The van der Waals surface area contributed by atoms with Gasteiger partial charge < -0.3 is 10.1 Å². The Labute approximate surface area is 142 Å². The first-order valence-electron chi connectivity index (χ1n) is 8.41. The lowest BCUT2D eigenvalue weighted by Gasteiger charge is -2.33. The van der Waals surface area contributed by atoms with E-state index in [0.29, 0.717) is 26.3 Å². The van der Waals surface area contributed by atoms with Crippen molar-refractivity contribution in [2.75, 3.05) is 26.3 Å². The number of aromatic nitrogens is 2. The SMILES string of the molecule is CCN1CCOCC1C(=O)NCc1ccccc1Cn1cccn1. The summed E-state index contributed by atoms with van der Waals surface area (Å²) in [5.74, 6) is 0.0328. The molecule has 0 saturated carbocycles. The molecule has 1 atom stereocenters. The van der Waals surface area contributed by atoms with Gasteiger partial charge in [-0.05, 0) is 23.7 Å². The van der Waals surface area contributed by atoms with Crippen molar-refractivity contribution in [1.29, 1.82) is 0 Å². The van der Waals surface area contributed by atoms with Crippen molar-refractivity contribution in [3.63, 3.8) is 0 Å². The van der Waals surface area contributed by atoms with Crippen molar-refractivity contribution in [2.45, 2.75) is 26.1 Å². The lowest BCUT2D eigenvalue weighted by atomic mass is 10.1. The first-order chi connectivity index (χ1) is 11.8. The molecular formula is C18H24N4O2. The number of hydrogen-bond donors (Lipinski definition) is 1. The Bertz CT molecular complexity index is 657. The Morgan fingerprint density at radius 2 is 2.17 bits per heavy atom. The summed E-state index contributed by atoms with van der Waals surface area (Å²) < 4.78 is 7.35. The second kappa shape index (κ2) is 8.08. The highest BCUT2D eigenvalue weighted by Crippen LogP contribution is 2.11. The molecule has 1 amide bonds. The van der Waals surface area contributed by atoms with Crippen LogP contribution < -0.4 is 5.32 Å². The third kappa shape index (κ3) is 4.01. The predicted octanol–water partition coefficient (Wildman–Crippen LogP) is 1.27. The number of likely N-dealkylation sites (N-methyl/N-ethyl adjacent to an activating group) is 1. The molecule has 1 unspecified atom stereocenters. The van der Waals surface area contributed by atoms with E-state index in [4.69, 9.17) is 4.74 Å². The molecule has 1 aromatic carbocycles. The Morgan fingerprint density at radius 1 is 1.33 bits per heavy atom. The number of amides is 1. The third-order valence-electron chi connectivity index (χ3n) is 4.41. The van der Waals surface area contributed by atoms with Gasteiger partial charge in [0.05, 0.1) is 19.8 Å². The van der Waals surface area contributed by atoms with Crippen molar-refractivity contribution < 1.29 is 9.53 Å². The fraction of sp³-hybridized carbons (Fsp3) is 0.444. The molecule has 1 aliphatic heterocycles. The molecule has 24 heavy (non-hydrogen) atoms. The van der Waals surface area contributed by atoms with E-state index in [1.807, 2.05) is 35.1 Å². The maximum atomic E-state index is 12.5. The molecule has 0 bridgehead atoms. The molecule has 2 aromatic rings. The van der Waals surface area contributed by atoms with Crippen molar-refractivity contribution >= 4 is 5.91 Å². The van der Waals surface area contributed by atoms with Crippen LogP contribution in [0.3, 0.4) is 0 Å². The third-order valence-corrected chi connectivity index (χ3v) is 4.41. The molecule has 0 radical (unpaired) electrons. The molecule has 0 spiro atoms. The number of hydrogen-bond acceptors (Lipinski definition) is 4. The van der Waals surface area contributed by atoms with Crippen molar-refractivity contribution in [2.24, 2.45) is 0 Å². The van der Waals surface area contributed by atoms with Gasteiger partial charge in [0.2, 0.25) is 5.91 Å². The average Bonchev–Trinajstić information content (AvgIpc) is 3.13. The number of benzene rings is 1. The van der Waals surface area contributed by atoms with Crippen LogP contribution >= 0.6 is 0 Å². The maximum Gasteiger partial charge on any atom is 0.240 e. The zero-order valence-corrected chi connectivity index (χ0v) is 14.0. The summed E-state index contributed by atoms with van der Waals surface area (Å²) >= 11 is 0. The molecule has 0 aliphatic carbocycles. The molecule has 1 fully saturated rings. The van der Waals surface area contributed by atoms with Crippen molar-refractivity contribution in [3.05, 3.63) is 53.9 Å². The Morgan fingerprint density at radius 3 is 2.92 bits per heavy atom. The second-order valence-electron chi connectivity index (χ2n) is 5.91. The zero-order chi connectivity index (χ0) is 16.8. The van der Waals surface area contributed by atoms with Crippen LogP contribution in [0, 0.1) is 0 Å². The molecule has 128 valence electrons. The van der Waals surface area contributed by atoms with Crippen LogP contribution in [0.4, 0.5) is 0 Å². The summed E-state index contributed by atoms with van der Waals surface area (Å²) in [5.41, 5.74) is 2.27. The highest BCUT2D eigenvalue weighted by atomic mass is 16.5. The van der Waals surface area contributed by atoms with Gasteiger partial charge in [-0.1, -0.05) is 31.2 Å². The van der Waals surface area contributed by atoms with Crippen molar-refractivity contribution in [3.8, 4) is 0 Å². The number of nitrogens with one attached hydrogen (secondary N) is 1. The summed E-state index contributed by atoms with van der Waals surface area (Å²) in [6.45, 7) is 6.13. The van der Waals surface area contributed by atoms with Crippen LogP contribution in [0.1, 0.15) is 18.1 Å². The monoisotopic (exact) mass is 328 g/mol. The Balaban J connectivity index is 1.63. The van der Waals surface area contributed by atoms with Gasteiger partial charge in [0.1, 0.15) is 6.04 Å². The Kier molecular flexibility index (Phi) is 5.61. The summed E-state index contributed by atoms with van der Waals surface area (Å²) in [6, 6.07) is 9.85. The van der Waals surface area contributed by atoms with E-state index >= 15 is 0 Å². The van der Waals surface area contributed by atoms with Crippen LogP contribution in [-0.4, -0.2) is 52.9 Å². The van der Waals surface area contributed by atoms with E-state index < -0.39 is 0 Å². The molecule has 6 heteroatoms. The molecule has 3 rings (SSSR count). The van der Waals surface area contributed by atoms with Crippen LogP contribution in [0.25, 0.3) is 0 Å². The topological polar surface area (TPSA) is 59.4 Å². The van der Waals surface area contributed by atoms with Gasteiger partial charge in [0.25, 0.3) is 0 Å². The van der Waals surface area contributed by atoms with E-state index in [2.05, 4.69) is 28.3 Å². The smallest absolute Gasteiger partial charge is 0.240 e. The lowest BCUT2D eigenvalue weighted by molar-refractivity contribution is -0.132. The molecule has 1 aromatic heterocycles. The fourth-order valence-electron chi connectivity index (χ4n) is 3.01. The first kappa shape index (κ1) is 16.7. The molecule has 1 saturated heterocycles. The molecule has 1 aliphatic rings. The highest BCUT2D eigenvalue weighted by molar-refractivity contribution is 5.82. The molecular weight excluding hydrogens is 304 g/mol. The second-order valence-corrected chi connectivity index (χ2v) is 5.91. The predicted molar refractivity (Wildman–Crippen MR) is 91.5 cm³/mol. The van der Waals surface area contributed by atoms with Crippen LogP contribution in [0.5, 0.6) is 0 Å². The van der Waals surface area contributed by atoms with Crippen LogP contribution in [-0.2, 0) is 22.6 Å². The van der Waals surface area contributed by atoms with E-state index in [1.54, 1.807) is 6.20 Å². The minimum Gasteiger partial charge on any atom is -0.378 e. The summed E-state index contributed by atoms with van der Waals surface area (Å²) in [7, 11) is 0. The lowest BCUT2D eigenvalue weighted by Crippen LogP contribution is -2.53. The highest BCUT2D eigenvalue weighted by Gasteiger charge is 2.28. The fourth-order valence-corrected chi connectivity index (χ4v) is 3.01. The number of morpholine rings is 1. The number of carbonyl (C=O) groups excluding carboxylic acids is 1. The zero-order valence-electron chi connectivity index (χ0n) is 14.0. The number of ether oxygens (including phenoxy) is 1. The minimum absolute atomic E-state index is 0.0328. The first-order valence-corrected chi connectivity index (χ1v) is 8.41. The summed E-state index contributed by atoms with van der Waals surface area (Å²) in [4.78, 5) is 14.7. The van der Waals surface area contributed by atoms with Gasteiger partial charge in [0.15, 0.2) is 0 Å². The van der Waals surface area contributed by atoms with Crippen LogP contribution in [0.15, 0.2) is 42.7 Å². The van der Waals surface area contributed by atoms with Gasteiger partial charge in [0, 0.05) is 25.5 Å². The summed E-state index contributed by atoms with van der Waals surface area (Å²) in [6.07, 6.45) is 3.71. The van der Waals surface area contributed by atoms with Gasteiger partial charge >= 0.3 is 0 Å². The number of carbonyl (C=O) groups is 1. The van der Waals surface area contributed by atoms with Gasteiger partial charge in [-0.25, -0.2) is 0 Å². The Hall–Kier alpha value is -2.18. The minimum atomic E-state index is -0.193. The van der Waals surface area contributed by atoms with Gasteiger partial charge in [-0.2, -0.15) is 5.10 Å². The van der Waals surface area contributed by atoms with E-state index in [0.717, 1.165) is 24.2 Å². The van der Waals surface area contributed by atoms with Crippen LogP contribution in [0.2, 0.25) is 0 Å². The molecule has 2 heterocycles. The van der Waals surface area contributed by atoms with E-state index in [-0.39, 0.29) is 11.9 Å². The van der Waals surface area contributed by atoms with Crippen molar-refractivity contribution in [1.82, 2.24) is 20.0 Å². The van der Waals surface area contributed by atoms with E-state index in [1.165, 1.54) is 0 Å².